The molecule has 0 aliphatic carbocycles. The highest BCUT2D eigenvalue weighted by molar-refractivity contribution is 7.99. The quantitative estimate of drug-likeness (QED) is 0.366. The van der Waals surface area contributed by atoms with Crippen LogP contribution in [0.15, 0.2) is 65.0 Å². The van der Waals surface area contributed by atoms with Gasteiger partial charge in [-0.05, 0) is 55.3 Å². The number of thioether (sulfide) groups is 1. The lowest BCUT2D eigenvalue weighted by atomic mass is 9.95. The van der Waals surface area contributed by atoms with E-state index in [-0.39, 0.29) is 5.97 Å². The molecule has 0 spiro atoms. The van der Waals surface area contributed by atoms with E-state index in [0.29, 0.717) is 35.6 Å². The Bertz CT molecular complexity index is 1190. The first-order valence-corrected chi connectivity index (χ1v) is 12.0. The minimum absolute atomic E-state index is 0.295. The highest BCUT2D eigenvalue weighted by Gasteiger charge is 2.35. The summed E-state index contributed by atoms with van der Waals surface area (Å²) in [6, 6.07) is 15.5. The van der Waals surface area contributed by atoms with E-state index in [9.17, 15) is 4.79 Å². The number of esters is 1. The number of nitrogens with one attached hydrogen (secondary N) is 1. The third-order valence-electron chi connectivity index (χ3n) is 5.43. The van der Waals surface area contributed by atoms with Crippen molar-refractivity contribution in [2.24, 2.45) is 0 Å². The van der Waals surface area contributed by atoms with Gasteiger partial charge in [-0.2, -0.15) is 4.98 Å². The van der Waals surface area contributed by atoms with E-state index in [0.717, 1.165) is 22.6 Å². The number of carbonyl (C=O) groups excluding carboxylic acids is 1. The standard InChI is InChI=1S/C25H28N4O3S/c1-5-31-23(30)21-17(4)26-24-27-25(33-6-2)28-29(24)22(21)18-12-9-13-20(14-18)32-15-19-11-8-7-10-16(19)3/h7-14,22H,5-6,15H2,1-4H3,(H,26,27,28). The topological polar surface area (TPSA) is 78.3 Å². The van der Waals surface area contributed by atoms with Crippen LogP contribution in [0.2, 0.25) is 0 Å². The van der Waals surface area contributed by atoms with Crippen LogP contribution in [0.5, 0.6) is 5.75 Å². The number of allylic oxidation sites excluding steroid dienone is 1. The number of hydrogen-bond acceptors (Lipinski definition) is 7. The molecule has 1 atom stereocenters. The van der Waals surface area contributed by atoms with Crippen molar-refractivity contribution in [1.82, 2.24) is 14.8 Å². The number of nitrogens with zero attached hydrogens (tertiary/aromatic N) is 3. The van der Waals surface area contributed by atoms with Crippen LogP contribution < -0.4 is 10.1 Å². The second-order valence-corrected chi connectivity index (χ2v) is 8.90. The summed E-state index contributed by atoms with van der Waals surface area (Å²) in [4.78, 5) is 17.6. The first-order chi connectivity index (χ1) is 16.0. The Morgan fingerprint density at radius 1 is 1.15 bits per heavy atom. The number of benzene rings is 2. The molecular weight excluding hydrogens is 436 g/mol. The number of anilines is 1. The zero-order valence-corrected chi connectivity index (χ0v) is 20.1. The van der Waals surface area contributed by atoms with Crippen LogP contribution in [-0.4, -0.2) is 33.1 Å². The molecule has 172 valence electrons. The molecule has 1 N–H and O–H groups in total. The fourth-order valence-corrected chi connectivity index (χ4v) is 4.37. The van der Waals surface area contributed by atoms with Crippen LogP contribution in [-0.2, 0) is 16.1 Å². The molecule has 0 bridgehead atoms. The lowest BCUT2D eigenvalue weighted by Gasteiger charge is -2.28. The maximum absolute atomic E-state index is 12.9. The predicted octanol–water partition coefficient (Wildman–Crippen LogP) is 5.13. The van der Waals surface area contributed by atoms with Gasteiger partial charge in [-0.25, -0.2) is 9.48 Å². The van der Waals surface area contributed by atoms with Crippen molar-refractivity contribution in [3.8, 4) is 5.75 Å². The zero-order valence-electron chi connectivity index (χ0n) is 19.3. The molecule has 1 aliphatic heterocycles. The van der Waals surface area contributed by atoms with Gasteiger partial charge < -0.3 is 14.8 Å². The number of aromatic nitrogens is 3. The molecule has 1 unspecified atom stereocenters. The van der Waals surface area contributed by atoms with Crippen molar-refractivity contribution in [2.75, 3.05) is 17.7 Å². The molecule has 0 amide bonds. The van der Waals surface area contributed by atoms with Gasteiger partial charge in [0.15, 0.2) is 0 Å². The van der Waals surface area contributed by atoms with Gasteiger partial charge in [0.1, 0.15) is 18.4 Å². The molecule has 8 heteroatoms. The van der Waals surface area contributed by atoms with Crippen LogP contribution in [0.4, 0.5) is 5.95 Å². The Morgan fingerprint density at radius 2 is 1.97 bits per heavy atom. The van der Waals surface area contributed by atoms with Crippen molar-refractivity contribution < 1.29 is 14.3 Å². The first-order valence-electron chi connectivity index (χ1n) is 11.0. The smallest absolute Gasteiger partial charge is 0.338 e. The number of ether oxygens (including phenoxy) is 2. The van der Waals surface area contributed by atoms with Crippen LogP contribution >= 0.6 is 11.8 Å². The van der Waals surface area contributed by atoms with Gasteiger partial charge in [-0.15, -0.1) is 5.10 Å². The SMILES string of the molecule is CCOC(=O)C1=C(C)Nc2nc(SCC)nn2C1c1cccc(OCc2ccccc2C)c1. The fraction of sp³-hybridized carbons (Fsp3) is 0.320. The van der Waals surface area contributed by atoms with Crippen molar-refractivity contribution in [1.29, 1.82) is 0 Å². The summed E-state index contributed by atoms with van der Waals surface area (Å²) in [5.41, 5.74) is 4.41. The van der Waals surface area contributed by atoms with Crippen LogP contribution in [0.3, 0.4) is 0 Å². The average Bonchev–Trinajstić information content (AvgIpc) is 3.20. The van der Waals surface area contributed by atoms with Gasteiger partial charge in [-0.3, -0.25) is 0 Å². The monoisotopic (exact) mass is 464 g/mol. The lowest BCUT2D eigenvalue weighted by Crippen LogP contribution is -2.29. The molecule has 2 aromatic carbocycles. The highest BCUT2D eigenvalue weighted by atomic mass is 32.2. The zero-order chi connectivity index (χ0) is 23.4. The second-order valence-electron chi connectivity index (χ2n) is 7.67. The molecule has 1 aliphatic rings. The van der Waals surface area contributed by atoms with E-state index in [2.05, 4.69) is 41.4 Å². The molecule has 2 heterocycles. The first kappa shape index (κ1) is 22.9. The van der Waals surface area contributed by atoms with Crippen molar-refractivity contribution >= 4 is 23.7 Å². The van der Waals surface area contributed by atoms with Gasteiger partial charge in [0.25, 0.3) is 0 Å². The predicted molar refractivity (Wildman–Crippen MR) is 129 cm³/mol. The summed E-state index contributed by atoms with van der Waals surface area (Å²) >= 11 is 1.55. The van der Waals surface area contributed by atoms with Crippen LogP contribution in [0.25, 0.3) is 0 Å². The molecule has 3 aromatic rings. The van der Waals surface area contributed by atoms with Crippen molar-refractivity contribution in [3.05, 3.63) is 76.5 Å². The summed E-state index contributed by atoms with van der Waals surface area (Å²) < 4.78 is 13.3. The molecule has 33 heavy (non-hydrogen) atoms. The molecule has 7 nitrogen and oxygen atoms in total. The largest absolute Gasteiger partial charge is 0.489 e. The molecule has 0 fully saturated rings. The van der Waals surface area contributed by atoms with Gasteiger partial charge in [-0.1, -0.05) is 55.1 Å². The highest BCUT2D eigenvalue weighted by Crippen LogP contribution is 2.37. The van der Waals surface area contributed by atoms with E-state index in [1.54, 1.807) is 23.4 Å². The second kappa shape index (κ2) is 10.1. The van der Waals surface area contributed by atoms with Crippen molar-refractivity contribution in [2.45, 2.75) is 45.5 Å². The lowest BCUT2D eigenvalue weighted by molar-refractivity contribution is -0.139. The molecule has 4 rings (SSSR count). The Hall–Kier alpha value is -3.26. The summed E-state index contributed by atoms with van der Waals surface area (Å²) in [5.74, 6) is 1.81. The Morgan fingerprint density at radius 3 is 2.73 bits per heavy atom. The molecule has 0 radical (unpaired) electrons. The van der Waals surface area contributed by atoms with E-state index in [1.807, 2.05) is 43.3 Å². The molecule has 0 saturated heterocycles. The van der Waals surface area contributed by atoms with Crippen molar-refractivity contribution in [3.63, 3.8) is 0 Å². The van der Waals surface area contributed by atoms with Gasteiger partial charge in [0.2, 0.25) is 11.1 Å². The summed E-state index contributed by atoms with van der Waals surface area (Å²) in [6.07, 6.45) is 0. The molecule has 1 aromatic heterocycles. The fourth-order valence-electron chi connectivity index (χ4n) is 3.81. The average molecular weight is 465 g/mol. The summed E-state index contributed by atoms with van der Waals surface area (Å²) in [5, 5.41) is 8.56. The maximum Gasteiger partial charge on any atom is 0.338 e. The minimum atomic E-state index is -0.471. The Kier molecular flexibility index (Phi) is 7.03. The third kappa shape index (κ3) is 4.90. The molecule has 0 saturated carbocycles. The van der Waals surface area contributed by atoms with Gasteiger partial charge >= 0.3 is 5.97 Å². The summed E-state index contributed by atoms with van der Waals surface area (Å²) in [7, 11) is 0. The number of carbonyl (C=O) groups is 1. The molecular formula is C25H28N4O3S. The number of hydrogen-bond donors (Lipinski definition) is 1. The van der Waals surface area contributed by atoms with E-state index >= 15 is 0 Å². The normalized spacial score (nSPS) is 15.1. The van der Waals surface area contributed by atoms with Gasteiger partial charge in [0.05, 0.1) is 12.2 Å². The minimum Gasteiger partial charge on any atom is -0.489 e. The number of rotatable bonds is 8. The number of aryl methyl sites for hydroxylation is 1. The van der Waals surface area contributed by atoms with E-state index < -0.39 is 6.04 Å². The summed E-state index contributed by atoms with van der Waals surface area (Å²) in [6.45, 7) is 8.55. The Balaban J connectivity index is 1.70. The van der Waals surface area contributed by atoms with E-state index in [4.69, 9.17) is 9.47 Å². The maximum atomic E-state index is 12.9. The Labute approximate surface area is 198 Å². The van der Waals surface area contributed by atoms with Crippen LogP contribution in [0, 0.1) is 6.92 Å². The van der Waals surface area contributed by atoms with Gasteiger partial charge in [0, 0.05) is 5.70 Å². The number of fused-ring (bicyclic) bond motifs is 1. The van der Waals surface area contributed by atoms with Crippen LogP contribution in [0.1, 0.15) is 43.5 Å². The third-order valence-corrected chi connectivity index (χ3v) is 6.15. The van der Waals surface area contributed by atoms with E-state index in [1.165, 1.54) is 5.56 Å².